The lowest BCUT2D eigenvalue weighted by Gasteiger charge is -2.13. The average molecular weight is 221 g/mol. The Morgan fingerprint density at radius 2 is 2.19 bits per heavy atom. The van der Waals surface area contributed by atoms with E-state index in [1.54, 1.807) is 12.3 Å². The van der Waals surface area contributed by atoms with Gasteiger partial charge in [-0.3, -0.25) is 4.79 Å². The summed E-state index contributed by atoms with van der Waals surface area (Å²) >= 11 is 0. The molecule has 0 aliphatic rings. The molecule has 4 nitrogen and oxygen atoms in total. The highest BCUT2D eigenvalue weighted by Gasteiger charge is 2.15. The molecule has 88 valence electrons. The van der Waals surface area contributed by atoms with Crippen LogP contribution in [0.3, 0.4) is 0 Å². The summed E-state index contributed by atoms with van der Waals surface area (Å²) in [4.78, 5) is 15.7. The zero-order valence-corrected chi connectivity index (χ0v) is 10.0. The van der Waals surface area contributed by atoms with Gasteiger partial charge in [0, 0.05) is 6.20 Å². The second-order valence-corrected chi connectivity index (χ2v) is 4.45. The van der Waals surface area contributed by atoms with Gasteiger partial charge in [-0.15, -0.1) is 0 Å². The smallest absolute Gasteiger partial charge is 0.242 e. The van der Waals surface area contributed by atoms with Crippen LogP contribution >= 0.6 is 0 Å². The standard InChI is InChI=1S/C12H19N3O/c1-8(2)6-10(13)12(16)15-11-5-4-9(3)7-14-11/h4-5,7-8,10H,6,13H2,1-3H3,(H,14,15,16). The van der Waals surface area contributed by atoms with E-state index in [4.69, 9.17) is 5.73 Å². The first-order valence-corrected chi connectivity index (χ1v) is 5.48. The summed E-state index contributed by atoms with van der Waals surface area (Å²) in [5.74, 6) is 0.784. The minimum Gasteiger partial charge on any atom is -0.320 e. The third kappa shape index (κ3) is 3.98. The van der Waals surface area contributed by atoms with E-state index in [0.717, 1.165) is 5.56 Å². The fourth-order valence-corrected chi connectivity index (χ4v) is 1.38. The number of pyridine rings is 1. The van der Waals surface area contributed by atoms with Crippen molar-refractivity contribution >= 4 is 11.7 Å². The van der Waals surface area contributed by atoms with Crippen molar-refractivity contribution in [3.05, 3.63) is 23.9 Å². The van der Waals surface area contributed by atoms with Crippen LogP contribution in [0.2, 0.25) is 0 Å². The fraction of sp³-hybridized carbons (Fsp3) is 0.500. The van der Waals surface area contributed by atoms with Gasteiger partial charge in [0.05, 0.1) is 6.04 Å². The number of amides is 1. The predicted octanol–water partition coefficient (Wildman–Crippen LogP) is 1.70. The first-order valence-electron chi connectivity index (χ1n) is 5.48. The SMILES string of the molecule is Cc1ccc(NC(=O)C(N)CC(C)C)nc1. The molecule has 0 saturated carbocycles. The van der Waals surface area contributed by atoms with Crippen LogP contribution in [0.15, 0.2) is 18.3 Å². The highest BCUT2D eigenvalue weighted by atomic mass is 16.2. The van der Waals surface area contributed by atoms with Crippen LogP contribution in [0.5, 0.6) is 0 Å². The van der Waals surface area contributed by atoms with Gasteiger partial charge in [0.2, 0.25) is 5.91 Å². The number of hydrogen-bond donors (Lipinski definition) is 2. The molecule has 0 saturated heterocycles. The highest BCUT2D eigenvalue weighted by Crippen LogP contribution is 2.07. The van der Waals surface area contributed by atoms with Gasteiger partial charge < -0.3 is 11.1 Å². The maximum atomic E-state index is 11.7. The molecule has 1 heterocycles. The summed E-state index contributed by atoms with van der Waals surface area (Å²) in [6.07, 6.45) is 2.39. The van der Waals surface area contributed by atoms with Gasteiger partial charge >= 0.3 is 0 Å². The second kappa shape index (κ2) is 5.61. The van der Waals surface area contributed by atoms with Crippen molar-refractivity contribution in [1.82, 2.24) is 4.98 Å². The van der Waals surface area contributed by atoms with Crippen LogP contribution in [-0.2, 0) is 4.79 Å². The van der Waals surface area contributed by atoms with E-state index in [2.05, 4.69) is 10.3 Å². The Kier molecular flexibility index (Phi) is 4.43. The number of aromatic nitrogens is 1. The first kappa shape index (κ1) is 12.6. The minimum absolute atomic E-state index is 0.176. The van der Waals surface area contributed by atoms with Gasteiger partial charge in [0.15, 0.2) is 0 Å². The third-order valence-electron chi connectivity index (χ3n) is 2.22. The molecule has 1 amide bonds. The van der Waals surface area contributed by atoms with Crippen LogP contribution < -0.4 is 11.1 Å². The fourth-order valence-electron chi connectivity index (χ4n) is 1.38. The molecule has 4 heteroatoms. The van der Waals surface area contributed by atoms with Crippen molar-refractivity contribution < 1.29 is 4.79 Å². The summed E-state index contributed by atoms with van der Waals surface area (Å²) in [6.45, 7) is 6.03. The molecule has 0 fully saturated rings. The monoisotopic (exact) mass is 221 g/mol. The van der Waals surface area contributed by atoms with Gasteiger partial charge in [0.1, 0.15) is 5.82 Å². The number of rotatable bonds is 4. The number of hydrogen-bond acceptors (Lipinski definition) is 3. The molecule has 1 atom stereocenters. The Balaban J connectivity index is 2.54. The molecule has 1 unspecified atom stereocenters. The lowest BCUT2D eigenvalue weighted by molar-refractivity contribution is -0.117. The predicted molar refractivity (Wildman–Crippen MR) is 65.0 cm³/mol. The Morgan fingerprint density at radius 3 is 2.69 bits per heavy atom. The summed E-state index contributed by atoms with van der Waals surface area (Å²) in [5, 5.41) is 2.70. The molecule has 0 bridgehead atoms. The van der Waals surface area contributed by atoms with E-state index in [9.17, 15) is 4.79 Å². The van der Waals surface area contributed by atoms with Crippen molar-refractivity contribution in [2.75, 3.05) is 5.32 Å². The van der Waals surface area contributed by atoms with Gasteiger partial charge in [0.25, 0.3) is 0 Å². The molecule has 1 aromatic rings. The van der Waals surface area contributed by atoms with Crippen LogP contribution in [0.4, 0.5) is 5.82 Å². The van der Waals surface area contributed by atoms with Crippen molar-refractivity contribution in [1.29, 1.82) is 0 Å². The number of aryl methyl sites for hydroxylation is 1. The Morgan fingerprint density at radius 1 is 1.50 bits per heavy atom. The molecule has 3 N–H and O–H groups in total. The van der Waals surface area contributed by atoms with E-state index < -0.39 is 6.04 Å². The largest absolute Gasteiger partial charge is 0.320 e. The van der Waals surface area contributed by atoms with Crippen molar-refractivity contribution in [2.45, 2.75) is 33.2 Å². The van der Waals surface area contributed by atoms with Gasteiger partial charge in [-0.1, -0.05) is 19.9 Å². The van der Waals surface area contributed by atoms with Gasteiger partial charge in [-0.05, 0) is 30.9 Å². The molecule has 16 heavy (non-hydrogen) atoms. The van der Waals surface area contributed by atoms with Crippen LogP contribution in [-0.4, -0.2) is 16.9 Å². The number of carbonyl (C=O) groups excluding carboxylic acids is 1. The topological polar surface area (TPSA) is 68.0 Å². The van der Waals surface area contributed by atoms with E-state index in [0.29, 0.717) is 18.2 Å². The van der Waals surface area contributed by atoms with E-state index in [-0.39, 0.29) is 5.91 Å². The first-order chi connectivity index (χ1) is 7.49. The molecule has 0 spiro atoms. The van der Waals surface area contributed by atoms with Crippen molar-refractivity contribution in [2.24, 2.45) is 11.7 Å². The molecule has 0 radical (unpaired) electrons. The van der Waals surface area contributed by atoms with Crippen molar-refractivity contribution in [3.8, 4) is 0 Å². The molecule has 1 rings (SSSR count). The molecule has 0 aliphatic heterocycles. The van der Waals surface area contributed by atoms with Crippen LogP contribution in [0.1, 0.15) is 25.8 Å². The average Bonchev–Trinajstić information content (AvgIpc) is 2.20. The number of anilines is 1. The van der Waals surface area contributed by atoms with Gasteiger partial charge in [-0.2, -0.15) is 0 Å². The second-order valence-electron chi connectivity index (χ2n) is 4.45. The zero-order chi connectivity index (χ0) is 12.1. The summed E-state index contributed by atoms with van der Waals surface area (Å²) in [6, 6.07) is 3.20. The number of carbonyl (C=O) groups is 1. The van der Waals surface area contributed by atoms with E-state index in [1.807, 2.05) is 26.8 Å². The van der Waals surface area contributed by atoms with Crippen LogP contribution in [0, 0.1) is 12.8 Å². The van der Waals surface area contributed by atoms with Crippen LogP contribution in [0.25, 0.3) is 0 Å². The van der Waals surface area contributed by atoms with E-state index in [1.165, 1.54) is 0 Å². The summed E-state index contributed by atoms with van der Waals surface area (Å²) < 4.78 is 0. The van der Waals surface area contributed by atoms with E-state index >= 15 is 0 Å². The maximum absolute atomic E-state index is 11.7. The molecular formula is C12H19N3O. The lowest BCUT2D eigenvalue weighted by Crippen LogP contribution is -2.36. The highest BCUT2D eigenvalue weighted by molar-refractivity contribution is 5.93. The number of nitrogens with zero attached hydrogens (tertiary/aromatic N) is 1. The number of nitrogens with one attached hydrogen (secondary N) is 1. The number of nitrogens with two attached hydrogens (primary N) is 1. The quantitative estimate of drug-likeness (QED) is 0.813. The van der Waals surface area contributed by atoms with Crippen molar-refractivity contribution in [3.63, 3.8) is 0 Å². The molecule has 1 aromatic heterocycles. The third-order valence-corrected chi connectivity index (χ3v) is 2.22. The summed E-state index contributed by atoms with van der Waals surface area (Å²) in [5.41, 5.74) is 6.82. The lowest BCUT2D eigenvalue weighted by atomic mass is 10.0. The maximum Gasteiger partial charge on any atom is 0.242 e. The molecule has 0 aromatic carbocycles. The Bertz CT molecular complexity index is 346. The Hall–Kier alpha value is -1.42. The Labute approximate surface area is 96.3 Å². The summed E-state index contributed by atoms with van der Waals surface area (Å²) in [7, 11) is 0. The zero-order valence-electron chi connectivity index (χ0n) is 10.0. The molecule has 0 aliphatic carbocycles. The normalized spacial score (nSPS) is 12.6. The minimum atomic E-state index is -0.469. The van der Waals surface area contributed by atoms with Gasteiger partial charge in [-0.25, -0.2) is 4.98 Å². The molecular weight excluding hydrogens is 202 g/mol.